The number of rotatable bonds is 8. The lowest BCUT2D eigenvalue weighted by molar-refractivity contribution is -0.00308. The van der Waals surface area contributed by atoms with Gasteiger partial charge in [0.05, 0.1) is 31.2 Å². The van der Waals surface area contributed by atoms with E-state index in [9.17, 15) is 8.42 Å². The molecule has 1 saturated carbocycles. The van der Waals surface area contributed by atoms with Crippen molar-refractivity contribution in [3.8, 4) is 22.0 Å². The lowest BCUT2D eigenvalue weighted by Crippen LogP contribution is -2.24. The van der Waals surface area contributed by atoms with Gasteiger partial charge in [0.25, 0.3) is 0 Å². The van der Waals surface area contributed by atoms with E-state index >= 15 is 0 Å². The first-order chi connectivity index (χ1) is 19.5. The van der Waals surface area contributed by atoms with E-state index in [1.54, 1.807) is 31.9 Å². The van der Waals surface area contributed by atoms with Crippen LogP contribution in [0.15, 0.2) is 29.7 Å². The Balaban J connectivity index is 0.000000909. The van der Waals surface area contributed by atoms with Gasteiger partial charge in [0, 0.05) is 53.9 Å². The number of thiazole rings is 1. The van der Waals surface area contributed by atoms with Crippen LogP contribution in [0.4, 0.5) is 10.6 Å². The lowest BCUT2D eigenvalue weighted by atomic mass is 9.85. The lowest BCUT2D eigenvalue weighted by Gasteiger charge is -2.29. The summed E-state index contributed by atoms with van der Waals surface area (Å²) in [6.45, 7) is 3.07. The molecule has 5 rings (SSSR count). The molecule has 14 nitrogen and oxygen atoms in total. The van der Waals surface area contributed by atoms with Crippen molar-refractivity contribution >= 4 is 38.8 Å². The van der Waals surface area contributed by atoms with Crippen molar-refractivity contribution in [3.63, 3.8) is 0 Å². The minimum absolute atomic E-state index is 0.0455. The predicted molar refractivity (Wildman–Crippen MR) is 151 cm³/mol. The summed E-state index contributed by atoms with van der Waals surface area (Å²) in [6, 6.07) is 0. The number of aromatic nitrogens is 6. The number of fused-ring (bicyclic) bond motifs is 1. The number of nitrogen functional groups attached to an aromatic ring is 1. The zero-order valence-corrected chi connectivity index (χ0v) is 24.4. The highest BCUT2D eigenvalue weighted by molar-refractivity contribution is 7.91. The SMILES string of the molecule is COCCOC1CCC(c2nc3c(-c4cnc(-c5ncc(C)s5)nc4)cnn3c(N)c2S(C)(=O)=O)CC1.O=C(O)O. The molecular formula is C25H31N7O7S2. The zero-order chi connectivity index (χ0) is 29.7. The molecule has 0 unspecified atom stereocenters. The summed E-state index contributed by atoms with van der Waals surface area (Å²) in [7, 11) is -2.01. The van der Waals surface area contributed by atoms with Gasteiger partial charge in [-0.15, -0.1) is 11.3 Å². The smallest absolute Gasteiger partial charge is 0.450 e. The molecule has 220 valence electrons. The number of ether oxygens (including phenoxy) is 2. The molecule has 4 N–H and O–H groups in total. The van der Waals surface area contributed by atoms with Crippen molar-refractivity contribution in [2.45, 2.75) is 49.5 Å². The Kier molecular flexibility index (Phi) is 9.47. The van der Waals surface area contributed by atoms with Crippen LogP contribution in [0.1, 0.15) is 42.2 Å². The van der Waals surface area contributed by atoms with Gasteiger partial charge in [0.15, 0.2) is 26.3 Å². The summed E-state index contributed by atoms with van der Waals surface area (Å²) in [4.78, 5) is 27.8. The van der Waals surface area contributed by atoms with Crippen molar-refractivity contribution in [3.05, 3.63) is 35.4 Å². The highest BCUT2D eigenvalue weighted by Crippen LogP contribution is 2.39. The standard InChI is InChI=1S/C24H29N7O4S2.CH2O3/c1-14-10-28-24(36-14)22-26-11-16(12-27-22)18-13-29-31-21(25)20(37(3,32)33)19(30-23(18)31)15-4-6-17(7-5-15)35-9-8-34-2;2-1(3)4/h10-13,15,17H,4-9,25H2,1-3H3;(H2,2,3,4). The second kappa shape index (κ2) is 12.8. The molecule has 16 heteroatoms. The van der Waals surface area contributed by atoms with E-state index in [2.05, 4.69) is 20.1 Å². The summed E-state index contributed by atoms with van der Waals surface area (Å²) >= 11 is 1.52. The summed E-state index contributed by atoms with van der Waals surface area (Å²) in [6.07, 6.45) is 9.35. The van der Waals surface area contributed by atoms with E-state index in [0.29, 0.717) is 41.5 Å². The molecule has 0 spiro atoms. The Bertz CT molecular complexity index is 1610. The largest absolute Gasteiger partial charge is 0.503 e. The Morgan fingerprint density at radius 3 is 2.32 bits per heavy atom. The van der Waals surface area contributed by atoms with Gasteiger partial charge in [0.2, 0.25) is 0 Å². The predicted octanol–water partition coefficient (Wildman–Crippen LogP) is 3.52. The number of hydrogen-bond donors (Lipinski definition) is 3. The van der Waals surface area contributed by atoms with Crippen LogP contribution in [0, 0.1) is 6.92 Å². The summed E-state index contributed by atoms with van der Waals surface area (Å²) < 4.78 is 38.0. The van der Waals surface area contributed by atoms with Crippen LogP contribution in [0.25, 0.3) is 27.6 Å². The molecular weight excluding hydrogens is 574 g/mol. The number of anilines is 1. The number of aryl methyl sites for hydroxylation is 1. The highest BCUT2D eigenvalue weighted by Gasteiger charge is 2.32. The summed E-state index contributed by atoms with van der Waals surface area (Å²) in [5.41, 5.74) is 8.75. The molecule has 0 aromatic carbocycles. The first kappa shape index (κ1) is 30.2. The average Bonchev–Trinajstić information content (AvgIpc) is 3.55. The molecule has 0 saturated heterocycles. The summed E-state index contributed by atoms with van der Waals surface area (Å²) in [5, 5.41) is 19.0. The number of carbonyl (C=O) groups is 1. The van der Waals surface area contributed by atoms with Crippen molar-refractivity contribution in [2.24, 2.45) is 0 Å². The highest BCUT2D eigenvalue weighted by atomic mass is 32.2. The van der Waals surface area contributed by atoms with E-state index in [4.69, 9.17) is 35.2 Å². The molecule has 1 aliphatic carbocycles. The third-order valence-corrected chi connectivity index (χ3v) is 8.58. The van der Waals surface area contributed by atoms with Gasteiger partial charge in [-0.2, -0.15) is 9.61 Å². The molecule has 0 radical (unpaired) electrons. The van der Waals surface area contributed by atoms with Gasteiger partial charge in [0.1, 0.15) is 10.7 Å². The van der Waals surface area contributed by atoms with Crippen LogP contribution in [0.5, 0.6) is 0 Å². The zero-order valence-electron chi connectivity index (χ0n) is 22.7. The number of carboxylic acid groups (broad SMARTS) is 2. The first-order valence-electron chi connectivity index (χ1n) is 12.6. The average molecular weight is 606 g/mol. The van der Waals surface area contributed by atoms with Crippen LogP contribution in [-0.4, -0.2) is 87.0 Å². The van der Waals surface area contributed by atoms with Gasteiger partial charge in [-0.05, 0) is 32.6 Å². The normalized spacial score (nSPS) is 17.2. The monoisotopic (exact) mass is 605 g/mol. The fourth-order valence-corrected chi connectivity index (χ4v) is 6.49. The molecule has 0 atom stereocenters. The fraction of sp³-hybridized carbons (Fsp3) is 0.440. The molecule has 4 heterocycles. The Labute approximate surface area is 240 Å². The van der Waals surface area contributed by atoms with Crippen LogP contribution in [0.2, 0.25) is 0 Å². The number of nitrogens with two attached hydrogens (primary N) is 1. The second-order valence-corrected chi connectivity index (χ2v) is 12.7. The molecule has 41 heavy (non-hydrogen) atoms. The van der Waals surface area contributed by atoms with Gasteiger partial charge in [-0.1, -0.05) is 0 Å². The van der Waals surface area contributed by atoms with Gasteiger partial charge in [-0.25, -0.2) is 33.1 Å². The summed E-state index contributed by atoms with van der Waals surface area (Å²) in [5.74, 6) is 0.534. The number of nitrogens with zero attached hydrogens (tertiary/aromatic N) is 6. The van der Waals surface area contributed by atoms with Crippen molar-refractivity contribution in [1.82, 2.24) is 29.5 Å². The Hall–Kier alpha value is -3.73. The van der Waals surface area contributed by atoms with Crippen LogP contribution in [0.3, 0.4) is 0 Å². The van der Waals surface area contributed by atoms with Gasteiger partial charge in [-0.3, -0.25) is 0 Å². The topological polar surface area (TPSA) is 205 Å². The maximum atomic E-state index is 12.8. The molecule has 1 aliphatic rings. The molecule has 1 fully saturated rings. The van der Waals surface area contributed by atoms with Crippen molar-refractivity contribution in [1.29, 1.82) is 0 Å². The van der Waals surface area contributed by atoms with E-state index in [1.165, 1.54) is 15.9 Å². The maximum Gasteiger partial charge on any atom is 0.503 e. The number of hydrogen-bond acceptors (Lipinski definition) is 12. The van der Waals surface area contributed by atoms with E-state index in [0.717, 1.165) is 41.8 Å². The third-order valence-electron chi connectivity index (χ3n) is 6.51. The van der Waals surface area contributed by atoms with E-state index in [-0.39, 0.29) is 22.7 Å². The first-order valence-corrected chi connectivity index (χ1v) is 15.3. The van der Waals surface area contributed by atoms with Gasteiger partial charge < -0.3 is 25.4 Å². The molecule has 4 aromatic heterocycles. The van der Waals surface area contributed by atoms with Crippen LogP contribution in [-0.2, 0) is 19.3 Å². The fourth-order valence-electron chi connectivity index (χ4n) is 4.72. The third kappa shape index (κ3) is 7.13. The Morgan fingerprint density at radius 1 is 1.10 bits per heavy atom. The van der Waals surface area contributed by atoms with E-state index in [1.807, 2.05) is 6.92 Å². The van der Waals surface area contributed by atoms with Crippen LogP contribution >= 0.6 is 11.3 Å². The number of sulfone groups is 1. The molecule has 4 aromatic rings. The molecule has 0 amide bonds. The van der Waals surface area contributed by atoms with Crippen molar-refractivity contribution < 1.29 is 32.9 Å². The minimum Gasteiger partial charge on any atom is -0.450 e. The van der Waals surface area contributed by atoms with Crippen LogP contribution < -0.4 is 5.73 Å². The van der Waals surface area contributed by atoms with Crippen molar-refractivity contribution in [2.75, 3.05) is 32.3 Å². The molecule has 0 bridgehead atoms. The minimum atomic E-state index is -3.65. The van der Waals surface area contributed by atoms with E-state index < -0.39 is 16.0 Å². The Morgan fingerprint density at radius 2 is 1.76 bits per heavy atom. The second-order valence-electron chi connectivity index (χ2n) is 9.47. The number of methoxy groups -OCH3 is 1. The molecule has 0 aliphatic heterocycles. The van der Waals surface area contributed by atoms with Gasteiger partial charge >= 0.3 is 6.16 Å². The maximum absolute atomic E-state index is 12.8. The quantitative estimate of drug-likeness (QED) is 0.246.